The van der Waals surface area contributed by atoms with Crippen molar-refractivity contribution in [3.05, 3.63) is 34.7 Å². The topological polar surface area (TPSA) is 84.8 Å². The van der Waals surface area contributed by atoms with Crippen molar-refractivity contribution in [2.24, 2.45) is 0 Å². The van der Waals surface area contributed by atoms with Crippen LogP contribution in [0.4, 0.5) is 0 Å². The minimum atomic E-state index is -0.0855. The van der Waals surface area contributed by atoms with Crippen LogP contribution >= 0.6 is 0 Å². The van der Waals surface area contributed by atoms with Crippen molar-refractivity contribution in [1.82, 2.24) is 25.1 Å². The number of carbonyl (C=O) groups is 1. The Labute approximate surface area is 135 Å². The maximum atomic E-state index is 12.5. The molecule has 1 unspecified atom stereocenters. The summed E-state index contributed by atoms with van der Waals surface area (Å²) in [5, 5.41) is 9.82. The van der Waals surface area contributed by atoms with E-state index >= 15 is 0 Å². The number of rotatable bonds is 5. The number of aryl methyl sites for hydroxylation is 2. The summed E-state index contributed by atoms with van der Waals surface area (Å²) in [4.78, 5) is 16.8. The van der Waals surface area contributed by atoms with Gasteiger partial charge in [-0.15, -0.1) is 0 Å². The summed E-state index contributed by atoms with van der Waals surface area (Å²) in [6.07, 6.45) is 1.77. The van der Waals surface area contributed by atoms with Crippen molar-refractivity contribution in [2.75, 3.05) is 13.2 Å². The van der Waals surface area contributed by atoms with Crippen LogP contribution in [0.25, 0.3) is 0 Å². The van der Waals surface area contributed by atoms with E-state index in [-0.39, 0.29) is 5.91 Å². The molecule has 1 aliphatic rings. The number of aromatic amines is 1. The third-order valence-electron chi connectivity index (χ3n) is 4.31. The summed E-state index contributed by atoms with van der Waals surface area (Å²) in [5.41, 5.74) is 2.79. The molecule has 0 saturated carbocycles. The molecule has 7 nitrogen and oxygen atoms in total. The summed E-state index contributed by atoms with van der Waals surface area (Å²) >= 11 is 0. The fourth-order valence-electron chi connectivity index (χ4n) is 3.13. The number of amides is 1. The minimum Gasteiger partial charge on any atom is -0.379 e. The lowest BCUT2D eigenvalue weighted by atomic mass is 10.2. The third-order valence-corrected chi connectivity index (χ3v) is 4.31. The van der Waals surface area contributed by atoms with Crippen molar-refractivity contribution in [2.45, 2.75) is 46.2 Å². The Morgan fingerprint density at radius 3 is 3.00 bits per heavy atom. The van der Waals surface area contributed by atoms with E-state index in [2.05, 4.69) is 25.1 Å². The molecule has 2 N–H and O–H groups in total. The van der Waals surface area contributed by atoms with Gasteiger partial charge in [0, 0.05) is 24.4 Å². The number of carbonyl (C=O) groups excluding carboxylic acids is 1. The van der Waals surface area contributed by atoms with E-state index in [1.807, 2.05) is 26.8 Å². The van der Waals surface area contributed by atoms with Crippen LogP contribution < -0.4 is 5.32 Å². The highest BCUT2D eigenvalue weighted by Gasteiger charge is 2.24. The number of nitrogens with zero attached hydrogens (tertiary/aromatic N) is 3. The molecular weight excluding hydrogens is 294 g/mol. The van der Waals surface area contributed by atoms with Crippen LogP contribution in [0.2, 0.25) is 0 Å². The molecule has 1 atom stereocenters. The Balaban J connectivity index is 1.70. The van der Waals surface area contributed by atoms with Gasteiger partial charge in [-0.05, 0) is 26.3 Å². The summed E-state index contributed by atoms with van der Waals surface area (Å²) in [7, 11) is 0. The van der Waals surface area contributed by atoms with Crippen LogP contribution in [-0.2, 0) is 17.7 Å². The fourth-order valence-corrected chi connectivity index (χ4v) is 3.13. The van der Waals surface area contributed by atoms with Crippen molar-refractivity contribution in [1.29, 1.82) is 0 Å². The number of nitrogens with one attached hydrogen (secondary N) is 2. The molecule has 3 heterocycles. The van der Waals surface area contributed by atoms with Crippen molar-refractivity contribution in [3.63, 3.8) is 0 Å². The summed E-state index contributed by atoms with van der Waals surface area (Å²) in [6.45, 7) is 7.87. The molecule has 2 aromatic heterocycles. The Kier molecular flexibility index (Phi) is 4.47. The average Bonchev–Trinajstić information content (AvgIpc) is 3.25. The fraction of sp³-hybridized carbons (Fsp3) is 0.562. The number of ether oxygens (including phenoxy) is 1. The highest BCUT2D eigenvalue weighted by molar-refractivity contribution is 5.95. The molecule has 3 rings (SSSR count). The van der Waals surface area contributed by atoms with E-state index in [9.17, 15) is 4.79 Å². The first-order valence-corrected chi connectivity index (χ1v) is 8.04. The van der Waals surface area contributed by atoms with Gasteiger partial charge in [0.2, 0.25) is 0 Å². The molecule has 1 fully saturated rings. The van der Waals surface area contributed by atoms with Gasteiger partial charge in [-0.25, -0.2) is 4.98 Å². The second-order valence-electron chi connectivity index (χ2n) is 5.91. The van der Waals surface area contributed by atoms with Crippen LogP contribution in [-0.4, -0.2) is 38.9 Å². The van der Waals surface area contributed by atoms with E-state index in [0.717, 1.165) is 43.3 Å². The van der Waals surface area contributed by atoms with E-state index in [4.69, 9.17) is 4.74 Å². The van der Waals surface area contributed by atoms with Gasteiger partial charge in [0.25, 0.3) is 5.91 Å². The lowest BCUT2D eigenvalue weighted by molar-refractivity contribution is 0.0949. The lowest BCUT2D eigenvalue weighted by Crippen LogP contribution is -2.24. The van der Waals surface area contributed by atoms with E-state index in [1.54, 1.807) is 0 Å². The highest BCUT2D eigenvalue weighted by atomic mass is 16.5. The molecule has 124 valence electrons. The zero-order valence-electron chi connectivity index (χ0n) is 13.8. The standard InChI is InChI=1S/C16H23N5O2/c1-4-14-18-15(20-19-14)8-17-16(22)13-7-10(2)21(11(13)3)12-5-6-23-9-12/h7,12H,4-6,8-9H2,1-3H3,(H,17,22)(H,18,19,20). The number of aromatic nitrogens is 4. The predicted molar refractivity (Wildman–Crippen MR) is 85.3 cm³/mol. The SMILES string of the molecule is CCc1n[nH]c(CNC(=O)c2cc(C)n(C3CCOC3)c2C)n1. The molecule has 0 aliphatic carbocycles. The zero-order chi connectivity index (χ0) is 16.4. The molecular formula is C16H23N5O2. The van der Waals surface area contributed by atoms with Gasteiger partial charge >= 0.3 is 0 Å². The third kappa shape index (κ3) is 3.14. The van der Waals surface area contributed by atoms with Crippen LogP contribution in [0.5, 0.6) is 0 Å². The predicted octanol–water partition coefficient (Wildman–Crippen LogP) is 1.68. The monoisotopic (exact) mass is 317 g/mol. The highest BCUT2D eigenvalue weighted by Crippen LogP contribution is 2.26. The largest absolute Gasteiger partial charge is 0.379 e. The van der Waals surface area contributed by atoms with Crippen LogP contribution in [0.3, 0.4) is 0 Å². The second-order valence-corrected chi connectivity index (χ2v) is 5.91. The Morgan fingerprint density at radius 1 is 1.52 bits per heavy atom. The Morgan fingerprint density at radius 2 is 2.35 bits per heavy atom. The summed E-state index contributed by atoms with van der Waals surface area (Å²) in [5.74, 6) is 1.35. The van der Waals surface area contributed by atoms with Crippen molar-refractivity contribution >= 4 is 5.91 Å². The van der Waals surface area contributed by atoms with Gasteiger partial charge in [0.05, 0.1) is 24.8 Å². The van der Waals surface area contributed by atoms with Crippen molar-refractivity contribution in [3.8, 4) is 0 Å². The van der Waals surface area contributed by atoms with Gasteiger partial charge in [0.15, 0.2) is 5.82 Å². The number of H-pyrrole nitrogens is 1. The first-order chi connectivity index (χ1) is 11.1. The lowest BCUT2D eigenvalue weighted by Gasteiger charge is -2.16. The maximum Gasteiger partial charge on any atom is 0.253 e. The smallest absolute Gasteiger partial charge is 0.253 e. The van der Waals surface area contributed by atoms with Gasteiger partial charge in [-0.1, -0.05) is 6.92 Å². The molecule has 1 amide bonds. The first-order valence-electron chi connectivity index (χ1n) is 8.04. The molecule has 7 heteroatoms. The average molecular weight is 317 g/mol. The molecule has 0 spiro atoms. The molecule has 1 aliphatic heterocycles. The molecule has 0 radical (unpaired) electrons. The van der Waals surface area contributed by atoms with E-state index in [1.165, 1.54) is 0 Å². The summed E-state index contributed by atoms with van der Waals surface area (Å²) < 4.78 is 7.68. The van der Waals surface area contributed by atoms with Gasteiger partial charge in [-0.3, -0.25) is 9.89 Å². The van der Waals surface area contributed by atoms with Crippen LogP contribution in [0.1, 0.15) is 52.8 Å². The van der Waals surface area contributed by atoms with E-state index in [0.29, 0.717) is 24.0 Å². The number of hydrogen-bond donors (Lipinski definition) is 2. The van der Waals surface area contributed by atoms with Crippen molar-refractivity contribution < 1.29 is 9.53 Å². The molecule has 0 bridgehead atoms. The van der Waals surface area contributed by atoms with E-state index < -0.39 is 0 Å². The Bertz CT molecular complexity index is 697. The molecule has 1 saturated heterocycles. The maximum absolute atomic E-state index is 12.5. The van der Waals surface area contributed by atoms with Crippen LogP contribution in [0.15, 0.2) is 6.07 Å². The first kappa shape index (κ1) is 15.7. The quantitative estimate of drug-likeness (QED) is 0.878. The Hall–Kier alpha value is -2.15. The van der Waals surface area contributed by atoms with Gasteiger partial charge in [0.1, 0.15) is 5.82 Å². The summed E-state index contributed by atoms with van der Waals surface area (Å²) in [6, 6.07) is 2.28. The zero-order valence-corrected chi connectivity index (χ0v) is 13.8. The normalized spacial score (nSPS) is 17.6. The number of hydrogen-bond acceptors (Lipinski definition) is 4. The molecule has 2 aromatic rings. The molecule has 0 aromatic carbocycles. The van der Waals surface area contributed by atoms with Gasteiger partial charge < -0.3 is 14.6 Å². The van der Waals surface area contributed by atoms with Gasteiger partial charge in [-0.2, -0.15) is 5.10 Å². The molecule has 23 heavy (non-hydrogen) atoms. The second kappa shape index (κ2) is 6.54. The minimum absolute atomic E-state index is 0.0855. The van der Waals surface area contributed by atoms with Crippen LogP contribution in [0, 0.1) is 13.8 Å².